The highest BCUT2D eigenvalue weighted by atomic mass is 79.9. The van der Waals surface area contributed by atoms with Crippen LogP contribution in [0, 0.1) is 0 Å². The van der Waals surface area contributed by atoms with Gasteiger partial charge in [-0.05, 0) is 43.9 Å². The number of halogens is 1. The second-order valence-corrected chi connectivity index (χ2v) is 5.36. The van der Waals surface area contributed by atoms with Crippen molar-refractivity contribution >= 4 is 21.7 Å². The van der Waals surface area contributed by atoms with Crippen LogP contribution in [0.2, 0.25) is 0 Å². The summed E-state index contributed by atoms with van der Waals surface area (Å²) >= 11 is 3.40. The number of ketones is 1. The Bertz CT molecular complexity index is 409. The summed E-state index contributed by atoms with van der Waals surface area (Å²) in [5.41, 5.74) is 0.703. The molecule has 0 heterocycles. The first-order valence-corrected chi connectivity index (χ1v) is 6.99. The normalized spacial score (nSPS) is 16.1. The molecule has 0 bridgehead atoms. The third-order valence-corrected chi connectivity index (χ3v) is 3.65. The van der Waals surface area contributed by atoms with Gasteiger partial charge in [-0.15, -0.1) is 0 Å². The highest BCUT2D eigenvalue weighted by Crippen LogP contribution is 2.29. The fourth-order valence-electron chi connectivity index (χ4n) is 2.20. The summed E-state index contributed by atoms with van der Waals surface area (Å²) < 4.78 is 6.87. The van der Waals surface area contributed by atoms with E-state index in [0.717, 1.165) is 23.1 Å². The maximum Gasteiger partial charge on any atom is 0.166 e. The van der Waals surface area contributed by atoms with Gasteiger partial charge in [-0.3, -0.25) is 4.79 Å². The maximum absolute atomic E-state index is 11.9. The van der Waals surface area contributed by atoms with E-state index in [1.54, 1.807) is 0 Å². The van der Waals surface area contributed by atoms with Crippen LogP contribution in [0.1, 0.15) is 49.4 Å². The van der Waals surface area contributed by atoms with Crippen molar-refractivity contribution in [2.24, 2.45) is 0 Å². The molecule has 1 aliphatic rings. The van der Waals surface area contributed by atoms with E-state index in [0.29, 0.717) is 18.1 Å². The van der Waals surface area contributed by atoms with Crippen molar-refractivity contribution in [2.75, 3.05) is 0 Å². The third-order valence-electron chi connectivity index (χ3n) is 3.16. The number of carbonyl (C=O) groups is 1. The smallest absolute Gasteiger partial charge is 0.166 e. The Kier molecular flexibility index (Phi) is 4.21. The molecule has 1 fully saturated rings. The van der Waals surface area contributed by atoms with Crippen LogP contribution >= 0.6 is 15.9 Å². The summed E-state index contributed by atoms with van der Waals surface area (Å²) in [5.74, 6) is 0.881. The number of Topliss-reactive ketones (excluding diaryl/α,β-unsaturated/α-hetero) is 1. The zero-order valence-electron chi connectivity index (χ0n) is 10.0. The number of rotatable bonds is 4. The lowest BCUT2D eigenvalue weighted by atomic mass is 10.1. The summed E-state index contributed by atoms with van der Waals surface area (Å²) in [4.78, 5) is 11.9. The Morgan fingerprint density at radius 3 is 2.76 bits per heavy atom. The summed E-state index contributed by atoms with van der Waals surface area (Å²) in [5, 5.41) is 0. The molecule has 1 saturated carbocycles. The second kappa shape index (κ2) is 5.67. The lowest BCUT2D eigenvalue weighted by molar-refractivity contribution is 0.0981. The highest BCUT2D eigenvalue weighted by Gasteiger charge is 2.19. The molecule has 0 aliphatic heterocycles. The van der Waals surface area contributed by atoms with Crippen molar-refractivity contribution < 1.29 is 9.53 Å². The van der Waals surface area contributed by atoms with Gasteiger partial charge < -0.3 is 4.74 Å². The molecule has 17 heavy (non-hydrogen) atoms. The van der Waals surface area contributed by atoms with Crippen LogP contribution in [0.25, 0.3) is 0 Å². The number of hydrogen-bond acceptors (Lipinski definition) is 2. The van der Waals surface area contributed by atoms with Crippen LogP contribution in [0.3, 0.4) is 0 Å². The van der Waals surface area contributed by atoms with Crippen molar-refractivity contribution in [1.82, 2.24) is 0 Å². The van der Waals surface area contributed by atoms with Crippen LogP contribution in [0.15, 0.2) is 22.7 Å². The highest BCUT2D eigenvalue weighted by molar-refractivity contribution is 9.10. The number of ether oxygens (including phenoxy) is 1. The Hall–Kier alpha value is -0.830. The molecule has 0 atom stereocenters. The van der Waals surface area contributed by atoms with E-state index in [4.69, 9.17) is 4.74 Å². The maximum atomic E-state index is 11.9. The average molecular weight is 297 g/mol. The molecule has 0 amide bonds. The molecule has 0 aromatic heterocycles. The zero-order valence-corrected chi connectivity index (χ0v) is 11.6. The summed E-state index contributed by atoms with van der Waals surface area (Å²) in [6.07, 6.45) is 5.49. The molecule has 0 unspecified atom stereocenters. The van der Waals surface area contributed by atoms with Crippen LogP contribution in [0.5, 0.6) is 5.75 Å². The van der Waals surface area contributed by atoms with E-state index in [1.165, 1.54) is 12.8 Å². The quantitative estimate of drug-likeness (QED) is 0.772. The van der Waals surface area contributed by atoms with E-state index in [2.05, 4.69) is 15.9 Å². The van der Waals surface area contributed by atoms with Crippen LogP contribution in [-0.4, -0.2) is 11.9 Å². The molecule has 1 aromatic rings. The van der Waals surface area contributed by atoms with Gasteiger partial charge >= 0.3 is 0 Å². The van der Waals surface area contributed by atoms with Crippen molar-refractivity contribution in [3.63, 3.8) is 0 Å². The molecular formula is C14H17BrO2. The van der Waals surface area contributed by atoms with Crippen molar-refractivity contribution in [3.05, 3.63) is 28.2 Å². The van der Waals surface area contributed by atoms with Crippen LogP contribution in [-0.2, 0) is 0 Å². The van der Waals surface area contributed by atoms with E-state index in [1.807, 2.05) is 25.1 Å². The minimum atomic E-state index is 0.138. The van der Waals surface area contributed by atoms with Crippen molar-refractivity contribution in [1.29, 1.82) is 0 Å². The molecule has 0 N–H and O–H groups in total. The third kappa shape index (κ3) is 3.09. The zero-order chi connectivity index (χ0) is 12.3. The minimum Gasteiger partial charge on any atom is -0.490 e. The van der Waals surface area contributed by atoms with Crippen molar-refractivity contribution in [2.45, 2.75) is 45.1 Å². The molecule has 1 aromatic carbocycles. The molecule has 2 rings (SSSR count). The SMILES string of the molecule is CCC(=O)c1cc(Br)ccc1OC1CCCC1. The standard InChI is InChI=1S/C14H17BrO2/c1-2-13(16)12-9-10(15)7-8-14(12)17-11-5-3-4-6-11/h7-9,11H,2-6H2,1H3. The largest absolute Gasteiger partial charge is 0.490 e. The predicted octanol–water partition coefficient (Wildman–Crippen LogP) is 4.36. The lowest BCUT2D eigenvalue weighted by Crippen LogP contribution is -2.13. The topological polar surface area (TPSA) is 26.3 Å². The molecule has 0 saturated heterocycles. The molecular weight excluding hydrogens is 280 g/mol. The van der Waals surface area contributed by atoms with E-state index in [9.17, 15) is 4.79 Å². The molecule has 1 aliphatic carbocycles. The number of benzene rings is 1. The monoisotopic (exact) mass is 296 g/mol. The van der Waals surface area contributed by atoms with Crippen LogP contribution in [0.4, 0.5) is 0 Å². The van der Waals surface area contributed by atoms with Gasteiger partial charge in [-0.2, -0.15) is 0 Å². The molecule has 3 heteroatoms. The fraction of sp³-hybridized carbons (Fsp3) is 0.500. The Morgan fingerprint density at radius 1 is 1.41 bits per heavy atom. The second-order valence-electron chi connectivity index (χ2n) is 4.44. The van der Waals surface area contributed by atoms with Crippen molar-refractivity contribution in [3.8, 4) is 5.75 Å². The van der Waals surface area contributed by atoms with Gasteiger partial charge in [-0.1, -0.05) is 22.9 Å². The fourth-order valence-corrected chi connectivity index (χ4v) is 2.56. The number of carbonyl (C=O) groups excluding carboxylic acids is 1. The van der Waals surface area contributed by atoms with Gasteiger partial charge in [0.2, 0.25) is 0 Å². The molecule has 2 nitrogen and oxygen atoms in total. The summed E-state index contributed by atoms with van der Waals surface area (Å²) in [6.45, 7) is 1.88. The number of hydrogen-bond donors (Lipinski definition) is 0. The van der Waals surface area contributed by atoms with Gasteiger partial charge in [0.15, 0.2) is 5.78 Å². The molecule has 0 radical (unpaired) electrons. The first kappa shape index (κ1) is 12.6. The van der Waals surface area contributed by atoms with E-state index < -0.39 is 0 Å². The van der Waals surface area contributed by atoms with Gasteiger partial charge in [0.1, 0.15) is 5.75 Å². The minimum absolute atomic E-state index is 0.138. The van der Waals surface area contributed by atoms with Gasteiger partial charge in [-0.25, -0.2) is 0 Å². The van der Waals surface area contributed by atoms with Gasteiger partial charge in [0.25, 0.3) is 0 Å². The lowest BCUT2D eigenvalue weighted by Gasteiger charge is -2.16. The molecule has 0 spiro atoms. The summed E-state index contributed by atoms with van der Waals surface area (Å²) in [7, 11) is 0. The van der Waals surface area contributed by atoms with E-state index in [-0.39, 0.29) is 5.78 Å². The average Bonchev–Trinajstić information content (AvgIpc) is 2.83. The van der Waals surface area contributed by atoms with E-state index >= 15 is 0 Å². The Balaban J connectivity index is 2.22. The van der Waals surface area contributed by atoms with Crippen LogP contribution < -0.4 is 4.74 Å². The molecule has 92 valence electrons. The Labute approximate surface area is 110 Å². The summed E-state index contributed by atoms with van der Waals surface area (Å²) in [6, 6.07) is 5.68. The van der Waals surface area contributed by atoms with Gasteiger partial charge in [0, 0.05) is 10.9 Å². The predicted molar refractivity (Wildman–Crippen MR) is 71.6 cm³/mol. The first-order valence-electron chi connectivity index (χ1n) is 6.20. The Morgan fingerprint density at radius 2 is 2.12 bits per heavy atom. The first-order chi connectivity index (χ1) is 8.20. The van der Waals surface area contributed by atoms with Gasteiger partial charge in [0.05, 0.1) is 11.7 Å².